The fourth-order valence-corrected chi connectivity index (χ4v) is 2.94. The molecule has 1 aliphatic rings. The van der Waals surface area contributed by atoms with Crippen LogP contribution < -0.4 is 5.32 Å². The Labute approximate surface area is 120 Å². The van der Waals surface area contributed by atoms with Gasteiger partial charge in [0, 0.05) is 6.04 Å². The third-order valence-electron chi connectivity index (χ3n) is 4.10. The van der Waals surface area contributed by atoms with E-state index >= 15 is 0 Å². The van der Waals surface area contributed by atoms with Crippen molar-refractivity contribution in [2.24, 2.45) is 5.92 Å². The minimum absolute atomic E-state index is 0.258. The van der Waals surface area contributed by atoms with Gasteiger partial charge in [0.25, 0.3) is 0 Å². The van der Waals surface area contributed by atoms with Crippen LogP contribution in [0.5, 0.6) is 0 Å². The van der Waals surface area contributed by atoms with Crippen LogP contribution in [0.3, 0.4) is 0 Å². The number of hydrogen-bond donors (Lipinski definition) is 1. The van der Waals surface area contributed by atoms with Crippen LogP contribution in [0.2, 0.25) is 0 Å². The van der Waals surface area contributed by atoms with Crippen molar-refractivity contribution < 1.29 is 22.0 Å². The second-order valence-electron chi connectivity index (χ2n) is 5.60. The van der Waals surface area contributed by atoms with Crippen LogP contribution in [-0.4, -0.2) is 6.04 Å². The molecule has 0 saturated heterocycles. The molecule has 118 valence electrons. The van der Waals surface area contributed by atoms with Gasteiger partial charge in [0.05, 0.1) is 0 Å². The molecule has 0 aliphatic heterocycles. The molecule has 1 nitrogen and oxygen atoms in total. The minimum atomic E-state index is -2.12. The molecule has 0 radical (unpaired) electrons. The quantitative estimate of drug-likeness (QED) is 0.460. The van der Waals surface area contributed by atoms with Gasteiger partial charge < -0.3 is 5.32 Å². The van der Waals surface area contributed by atoms with Crippen LogP contribution in [0.15, 0.2) is 0 Å². The number of rotatable bonds is 4. The second-order valence-corrected chi connectivity index (χ2v) is 5.60. The molecule has 0 unspecified atom stereocenters. The van der Waals surface area contributed by atoms with E-state index in [-0.39, 0.29) is 6.04 Å². The van der Waals surface area contributed by atoms with Crippen molar-refractivity contribution in [3.05, 3.63) is 29.1 Å². The summed E-state index contributed by atoms with van der Waals surface area (Å²) in [4.78, 5) is 0. The predicted molar refractivity (Wildman–Crippen MR) is 70.5 cm³/mol. The summed E-state index contributed by atoms with van der Waals surface area (Å²) in [5.74, 6) is -8.93. The molecular formula is C15H18F5N. The average molecular weight is 307 g/mol. The zero-order valence-electron chi connectivity index (χ0n) is 11.8. The van der Waals surface area contributed by atoms with E-state index in [0.29, 0.717) is 18.8 Å². The van der Waals surface area contributed by atoms with Crippen molar-refractivity contribution in [1.82, 2.24) is 0 Å². The number of halogens is 5. The number of nitrogens with one attached hydrogen (secondary N) is 1. The summed E-state index contributed by atoms with van der Waals surface area (Å²) in [6.45, 7) is 2.10. The highest BCUT2D eigenvalue weighted by Crippen LogP contribution is 2.32. The molecule has 2 rings (SSSR count). The minimum Gasteiger partial charge on any atom is -0.377 e. The van der Waals surface area contributed by atoms with Gasteiger partial charge in [-0.1, -0.05) is 19.8 Å². The average Bonchev–Trinajstić information content (AvgIpc) is 2.49. The standard InChI is InChI=1S/C15H18F5N/c1-2-3-8-4-6-9(7-5-8)21-15-13(19)11(17)10(16)12(18)14(15)20/h8-9,21H,2-7H2,1H3. The molecule has 1 aromatic rings. The summed E-state index contributed by atoms with van der Waals surface area (Å²) in [6, 6.07) is -0.258. The van der Waals surface area contributed by atoms with Crippen molar-refractivity contribution in [1.29, 1.82) is 0 Å². The maximum absolute atomic E-state index is 13.6. The first-order chi connectivity index (χ1) is 9.95. The van der Waals surface area contributed by atoms with Gasteiger partial charge in [0.15, 0.2) is 23.3 Å². The fourth-order valence-electron chi connectivity index (χ4n) is 2.94. The van der Waals surface area contributed by atoms with E-state index in [2.05, 4.69) is 12.2 Å². The highest BCUT2D eigenvalue weighted by molar-refractivity contribution is 5.48. The summed E-state index contributed by atoms with van der Waals surface area (Å²) < 4.78 is 66.3. The van der Waals surface area contributed by atoms with E-state index in [1.54, 1.807) is 0 Å². The maximum atomic E-state index is 13.6. The molecule has 21 heavy (non-hydrogen) atoms. The smallest absolute Gasteiger partial charge is 0.200 e. The Kier molecular flexibility index (Phi) is 5.06. The predicted octanol–water partition coefficient (Wildman–Crippen LogP) is 5.15. The fraction of sp³-hybridized carbons (Fsp3) is 0.600. The Morgan fingerprint density at radius 1 is 0.810 bits per heavy atom. The SMILES string of the molecule is CCCC1CCC(Nc2c(F)c(F)c(F)c(F)c2F)CC1. The molecule has 0 amide bonds. The van der Waals surface area contributed by atoms with E-state index in [1.807, 2.05) is 0 Å². The third kappa shape index (κ3) is 3.30. The van der Waals surface area contributed by atoms with Gasteiger partial charge in [-0.3, -0.25) is 0 Å². The lowest BCUT2D eigenvalue weighted by Crippen LogP contribution is -2.27. The van der Waals surface area contributed by atoms with Gasteiger partial charge in [0.1, 0.15) is 5.69 Å². The summed E-state index contributed by atoms with van der Waals surface area (Å²) in [7, 11) is 0. The van der Waals surface area contributed by atoms with Gasteiger partial charge in [-0.2, -0.15) is 0 Å². The van der Waals surface area contributed by atoms with Crippen LogP contribution in [-0.2, 0) is 0 Å². The molecule has 0 aromatic heterocycles. The lowest BCUT2D eigenvalue weighted by atomic mass is 9.83. The normalized spacial score (nSPS) is 22.4. The van der Waals surface area contributed by atoms with E-state index < -0.39 is 34.8 Å². The molecule has 6 heteroatoms. The Bertz CT molecular complexity index is 480. The van der Waals surface area contributed by atoms with Crippen molar-refractivity contribution in [3.63, 3.8) is 0 Å². The third-order valence-corrected chi connectivity index (χ3v) is 4.10. The number of benzene rings is 1. The zero-order chi connectivity index (χ0) is 15.6. The maximum Gasteiger partial charge on any atom is 0.200 e. The zero-order valence-corrected chi connectivity index (χ0v) is 11.8. The summed E-state index contributed by atoms with van der Waals surface area (Å²) in [6.07, 6.45) is 5.34. The molecule has 0 spiro atoms. The van der Waals surface area contributed by atoms with E-state index in [0.717, 1.165) is 25.7 Å². The Morgan fingerprint density at radius 2 is 1.29 bits per heavy atom. The molecular weight excluding hydrogens is 289 g/mol. The van der Waals surface area contributed by atoms with Gasteiger partial charge >= 0.3 is 0 Å². The monoisotopic (exact) mass is 307 g/mol. The van der Waals surface area contributed by atoms with Gasteiger partial charge in [-0.25, -0.2) is 22.0 Å². The summed E-state index contributed by atoms with van der Waals surface area (Å²) >= 11 is 0. The Morgan fingerprint density at radius 3 is 1.76 bits per heavy atom. The molecule has 1 aliphatic carbocycles. The van der Waals surface area contributed by atoms with Crippen LogP contribution in [0.25, 0.3) is 0 Å². The molecule has 0 heterocycles. The topological polar surface area (TPSA) is 12.0 Å². The van der Waals surface area contributed by atoms with Gasteiger partial charge in [0.2, 0.25) is 5.82 Å². The first-order valence-electron chi connectivity index (χ1n) is 7.23. The van der Waals surface area contributed by atoms with Crippen LogP contribution in [0, 0.1) is 35.0 Å². The van der Waals surface area contributed by atoms with Crippen molar-refractivity contribution >= 4 is 5.69 Å². The van der Waals surface area contributed by atoms with Crippen molar-refractivity contribution in [3.8, 4) is 0 Å². The Hall–Kier alpha value is -1.33. The molecule has 1 aromatic carbocycles. The molecule has 1 saturated carbocycles. The van der Waals surface area contributed by atoms with E-state index in [1.165, 1.54) is 0 Å². The lowest BCUT2D eigenvalue weighted by Gasteiger charge is -2.29. The number of anilines is 1. The largest absolute Gasteiger partial charge is 0.377 e. The highest BCUT2D eigenvalue weighted by Gasteiger charge is 2.28. The Balaban J connectivity index is 2.11. The summed E-state index contributed by atoms with van der Waals surface area (Å²) in [5.41, 5.74) is -0.912. The van der Waals surface area contributed by atoms with E-state index in [9.17, 15) is 22.0 Å². The van der Waals surface area contributed by atoms with Crippen LogP contribution >= 0.6 is 0 Å². The van der Waals surface area contributed by atoms with E-state index in [4.69, 9.17) is 0 Å². The second kappa shape index (κ2) is 6.62. The van der Waals surface area contributed by atoms with Gasteiger partial charge in [-0.15, -0.1) is 0 Å². The van der Waals surface area contributed by atoms with Crippen molar-refractivity contribution in [2.45, 2.75) is 51.5 Å². The first kappa shape index (κ1) is 16.0. The highest BCUT2D eigenvalue weighted by atomic mass is 19.2. The van der Waals surface area contributed by atoms with Gasteiger partial charge in [-0.05, 0) is 31.6 Å². The van der Waals surface area contributed by atoms with Crippen LogP contribution in [0.1, 0.15) is 45.4 Å². The lowest BCUT2D eigenvalue weighted by molar-refractivity contribution is 0.316. The molecule has 0 atom stereocenters. The van der Waals surface area contributed by atoms with Crippen molar-refractivity contribution in [2.75, 3.05) is 5.32 Å². The molecule has 1 fully saturated rings. The summed E-state index contributed by atoms with van der Waals surface area (Å²) in [5, 5.41) is 2.49. The van der Waals surface area contributed by atoms with Crippen LogP contribution in [0.4, 0.5) is 27.6 Å². The molecule has 1 N–H and O–H groups in total. The molecule has 0 bridgehead atoms. The number of hydrogen-bond acceptors (Lipinski definition) is 1. The first-order valence-corrected chi connectivity index (χ1v) is 7.23.